The van der Waals surface area contributed by atoms with Gasteiger partial charge in [-0.3, -0.25) is 19.2 Å². The Kier molecular flexibility index (Phi) is 12.5. The number of hydrogen-bond acceptors (Lipinski definition) is 4. The van der Waals surface area contributed by atoms with Crippen LogP contribution in [0.5, 0.6) is 0 Å². The van der Waals surface area contributed by atoms with Crippen molar-refractivity contribution in [3.05, 3.63) is 270 Å². The number of allylic oxidation sites excluding steroid dienone is 8. The Hall–Kier alpha value is -11.3. The zero-order chi connectivity index (χ0) is 71.0. The lowest BCUT2D eigenvalue weighted by atomic mass is 9.62. The Morgan fingerprint density at radius 3 is 0.808 bits per heavy atom. The minimum absolute atomic E-state index is 0.0838. The van der Waals surface area contributed by atoms with Gasteiger partial charge in [-0.1, -0.05) is 204 Å². The zero-order valence-electron chi connectivity index (χ0n) is 60.6. The molecule has 502 valence electrons. The highest BCUT2D eigenvalue weighted by molar-refractivity contribution is 6.44. The first kappa shape index (κ1) is 61.3. The molecule has 0 atom stereocenters. The second-order valence-electron chi connectivity index (χ2n) is 32.7. The Bertz CT molecular complexity index is 6220. The van der Waals surface area contributed by atoms with Crippen molar-refractivity contribution in [3.8, 4) is 22.3 Å². The SMILES string of the molecule is CC(C)c1cc(C(C)C)c(N2C(=O)c3ccc4c5c(ccc(c35)C2=O)C2=CC=C3c5cc6cc7c(cc6cc5C5=CC=C4C2C53)C=Cc2cc3cc4c(cc3cc2C=C7)-c2ccc3c5ccc6c7c(ccc(c8ccc-4c2c83)c75)C(=O)N(c2c(C(C)C)cc(C(C)C)cc2C(C)C)C6=O)c(C(C)C)c1. The molecule has 6 heteroatoms. The Morgan fingerprint density at radius 1 is 0.250 bits per heavy atom. The van der Waals surface area contributed by atoms with Crippen LogP contribution >= 0.6 is 0 Å². The maximum atomic E-state index is 15.2. The number of carbonyl (C=O) groups excluding carboxylic acids is 4. The second-order valence-corrected chi connectivity index (χ2v) is 32.7. The molecule has 0 saturated heterocycles. The van der Waals surface area contributed by atoms with Gasteiger partial charge < -0.3 is 0 Å². The van der Waals surface area contributed by atoms with E-state index in [0.29, 0.717) is 34.1 Å². The molecule has 0 aromatic heterocycles. The van der Waals surface area contributed by atoms with Crippen molar-refractivity contribution in [2.24, 2.45) is 11.8 Å². The molecule has 0 fully saturated rings. The van der Waals surface area contributed by atoms with E-state index >= 15 is 19.2 Å². The molecule has 8 aliphatic rings. The van der Waals surface area contributed by atoms with Crippen molar-refractivity contribution >= 4 is 157 Å². The normalized spacial score (nSPS) is 17.2. The van der Waals surface area contributed by atoms with Crippen molar-refractivity contribution in [1.82, 2.24) is 0 Å². The summed E-state index contributed by atoms with van der Waals surface area (Å²) in [6, 6.07) is 53.7. The molecule has 13 aromatic rings. The summed E-state index contributed by atoms with van der Waals surface area (Å²) in [6.07, 6.45) is 18.6. The number of fused-ring (bicyclic) bond motifs is 14. The number of nitrogens with zero attached hydrogens (tertiary/aromatic N) is 2. The monoisotopic (exact) mass is 1340 g/mol. The van der Waals surface area contributed by atoms with Gasteiger partial charge in [-0.25, -0.2) is 9.80 Å². The number of carbonyl (C=O) groups is 4. The highest BCUT2D eigenvalue weighted by Crippen LogP contribution is 2.64. The summed E-state index contributed by atoms with van der Waals surface area (Å²) in [4.78, 5) is 63.9. The molecular weight excluding hydrogens is 1270 g/mol. The van der Waals surface area contributed by atoms with Gasteiger partial charge in [0.25, 0.3) is 23.6 Å². The summed E-state index contributed by atoms with van der Waals surface area (Å²) in [5, 5.41) is 15.1. The number of amides is 4. The lowest BCUT2D eigenvalue weighted by Crippen LogP contribution is -2.42. The largest absolute Gasteiger partial charge is 0.268 e. The van der Waals surface area contributed by atoms with Gasteiger partial charge >= 0.3 is 0 Å². The average Bonchev–Trinajstić information content (AvgIpc) is 1.25. The lowest BCUT2D eigenvalue weighted by Gasteiger charge is -2.41. The van der Waals surface area contributed by atoms with E-state index in [9.17, 15) is 0 Å². The molecule has 6 aliphatic carbocycles. The van der Waals surface area contributed by atoms with E-state index in [4.69, 9.17) is 0 Å². The summed E-state index contributed by atoms with van der Waals surface area (Å²) in [7, 11) is 0. The summed E-state index contributed by atoms with van der Waals surface area (Å²) in [5.41, 5.74) is 29.9. The van der Waals surface area contributed by atoms with E-state index in [0.717, 1.165) is 87.8 Å². The Balaban J connectivity index is 0.615. The smallest absolute Gasteiger partial charge is 0.266 e. The number of hydrogen-bond donors (Lipinski definition) is 0. The highest BCUT2D eigenvalue weighted by atomic mass is 16.2. The van der Waals surface area contributed by atoms with Crippen molar-refractivity contribution in [3.63, 3.8) is 0 Å². The number of imide groups is 2. The van der Waals surface area contributed by atoms with E-state index < -0.39 is 0 Å². The minimum atomic E-state index is -0.263. The van der Waals surface area contributed by atoms with E-state index in [-0.39, 0.29) is 59.1 Å². The van der Waals surface area contributed by atoms with Gasteiger partial charge in [-0.05, 0) is 295 Å². The molecule has 0 N–H and O–H groups in total. The van der Waals surface area contributed by atoms with Crippen molar-refractivity contribution in [2.45, 2.75) is 119 Å². The highest BCUT2D eigenvalue weighted by Gasteiger charge is 2.49. The summed E-state index contributed by atoms with van der Waals surface area (Å²) >= 11 is 0. The van der Waals surface area contributed by atoms with E-state index in [1.807, 2.05) is 24.3 Å². The number of rotatable bonds is 8. The van der Waals surface area contributed by atoms with Gasteiger partial charge in [-0.2, -0.15) is 0 Å². The fourth-order valence-electron chi connectivity index (χ4n) is 19.9. The molecule has 6 nitrogen and oxygen atoms in total. The third-order valence-corrected chi connectivity index (χ3v) is 25.1. The van der Waals surface area contributed by atoms with Gasteiger partial charge in [0.1, 0.15) is 0 Å². The van der Waals surface area contributed by atoms with Crippen LogP contribution in [0.3, 0.4) is 0 Å². The van der Waals surface area contributed by atoms with Crippen LogP contribution in [0, 0.1) is 11.8 Å². The molecule has 0 bridgehead atoms. The summed E-state index contributed by atoms with van der Waals surface area (Å²) < 4.78 is 0. The summed E-state index contributed by atoms with van der Waals surface area (Å²) in [6.45, 7) is 26.1. The average molecular weight is 1350 g/mol. The zero-order valence-corrected chi connectivity index (χ0v) is 60.6. The van der Waals surface area contributed by atoms with E-state index in [1.54, 1.807) is 0 Å². The van der Waals surface area contributed by atoms with Crippen LogP contribution in [-0.2, 0) is 0 Å². The van der Waals surface area contributed by atoms with Gasteiger partial charge in [-0.15, -0.1) is 0 Å². The molecule has 0 radical (unpaired) electrons. The predicted octanol–water partition coefficient (Wildman–Crippen LogP) is 25.4. The van der Waals surface area contributed by atoms with Crippen molar-refractivity contribution < 1.29 is 19.2 Å². The molecule has 21 rings (SSSR count). The van der Waals surface area contributed by atoms with Crippen LogP contribution in [0.4, 0.5) is 11.4 Å². The molecule has 0 spiro atoms. The molecular formula is C98H76N2O4. The van der Waals surface area contributed by atoms with Crippen LogP contribution in [0.1, 0.15) is 238 Å². The van der Waals surface area contributed by atoms with Crippen LogP contribution in [-0.4, -0.2) is 23.6 Å². The first-order valence-electron chi connectivity index (χ1n) is 37.6. The van der Waals surface area contributed by atoms with Gasteiger partial charge in [0.15, 0.2) is 0 Å². The quantitative estimate of drug-likeness (QED) is 0.0863. The topological polar surface area (TPSA) is 74.8 Å². The first-order valence-corrected chi connectivity index (χ1v) is 37.6. The Morgan fingerprint density at radius 2 is 0.500 bits per heavy atom. The standard InChI is InChI=1S/C98H76N2O4/c1-45(2)55-37-77(47(5)6)93(78(38-55)48(7)8)99-95(101)73-29-25-65-61-17-21-69-81-41-57-33-51-13-15-53-35-59-43-83-71-23-19-63-67-27-31-75-92-76(98(104)100(97(75)103)94-79(49(9)10)39-56(46(3)4)40-80(94)50(11)12)32-28-68(88(67)92)64-20-24-72(90(71)86(63)64)84(83)44-60(59)36-54(53)16-14-52(51)34-58(57)42-82(81)70-22-18-62(85(61)89(69)70)66-26-30-74(96(99)102)91(73)87(65)66/h13-50,85,89H,1-12H3. The van der Waals surface area contributed by atoms with Gasteiger partial charge in [0.2, 0.25) is 0 Å². The second kappa shape index (κ2) is 21.2. The van der Waals surface area contributed by atoms with Gasteiger partial charge in [0, 0.05) is 44.9 Å². The van der Waals surface area contributed by atoms with Gasteiger partial charge in [0.05, 0.1) is 11.4 Å². The number of anilines is 2. The maximum Gasteiger partial charge on any atom is 0.266 e. The maximum absolute atomic E-state index is 15.2. The Labute approximate surface area is 605 Å². The number of benzene rings is 13. The molecule has 2 aliphatic heterocycles. The molecule has 4 amide bonds. The van der Waals surface area contributed by atoms with Crippen molar-refractivity contribution in [2.75, 3.05) is 9.80 Å². The van der Waals surface area contributed by atoms with E-state index in [1.165, 1.54) is 131 Å². The minimum Gasteiger partial charge on any atom is -0.268 e. The van der Waals surface area contributed by atoms with Crippen molar-refractivity contribution in [1.29, 1.82) is 0 Å². The third kappa shape index (κ3) is 7.96. The van der Waals surface area contributed by atoms with Crippen LogP contribution in [0.2, 0.25) is 0 Å². The van der Waals surface area contributed by atoms with E-state index in [2.05, 4.69) is 253 Å². The molecule has 104 heavy (non-hydrogen) atoms. The molecule has 13 aromatic carbocycles. The third-order valence-electron chi connectivity index (χ3n) is 25.1. The fraction of sp³-hybridized carbons (Fsp3) is 0.204. The summed E-state index contributed by atoms with van der Waals surface area (Å²) in [5.74, 6) is 0.186. The molecule has 0 unspecified atom stereocenters. The van der Waals surface area contributed by atoms with Crippen LogP contribution in [0.25, 0.3) is 144 Å². The predicted molar refractivity (Wildman–Crippen MR) is 434 cm³/mol. The lowest BCUT2D eigenvalue weighted by molar-refractivity contribution is 0.0877. The molecule has 0 saturated carbocycles. The molecule has 2 heterocycles. The fourth-order valence-corrected chi connectivity index (χ4v) is 19.9. The van der Waals surface area contributed by atoms with Crippen LogP contribution in [0.15, 0.2) is 170 Å². The first-order chi connectivity index (χ1) is 50.2. The van der Waals surface area contributed by atoms with Crippen LogP contribution < -0.4 is 9.80 Å².